The molecule has 2 heterocycles. The number of likely N-dealkylation sites (N-methyl/N-ethyl adjacent to an activating group) is 1. The van der Waals surface area contributed by atoms with E-state index in [0.717, 1.165) is 38.3 Å². The molecule has 0 spiro atoms. The van der Waals surface area contributed by atoms with E-state index < -0.39 is 0 Å². The number of hydrogen-bond donors (Lipinski definition) is 1. The van der Waals surface area contributed by atoms with Crippen LogP contribution in [-0.4, -0.2) is 53.5 Å². The van der Waals surface area contributed by atoms with Crippen LogP contribution in [0.5, 0.6) is 0 Å². The zero-order chi connectivity index (χ0) is 18.7. The highest BCUT2D eigenvalue weighted by molar-refractivity contribution is 6.41. The molecule has 1 saturated heterocycles. The number of carbonyl (C=O) groups excluding carboxylic acids is 1. The van der Waals surface area contributed by atoms with Crippen molar-refractivity contribution in [1.29, 1.82) is 0 Å². The summed E-state index contributed by atoms with van der Waals surface area (Å²) in [6, 6.07) is 9.95. The number of aromatic nitrogens is 1. The predicted octanol–water partition coefficient (Wildman–Crippen LogP) is 3.01. The van der Waals surface area contributed by atoms with Crippen LogP contribution in [0, 0.1) is 0 Å². The molecule has 7 heteroatoms. The van der Waals surface area contributed by atoms with E-state index in [2.05, 4.69) is 34.3 Å². The summed E-state index contributed by atoms with van der Waals surface area (Å²) in [7, 11) is 3.88. The molecule has 1 aromatic heterocycles. The number of hydrogen-bond acceptors (Lipinski definition) is 3. The van der Waals surface area contributed by atoms with E-state index in [1.807, 2.05) is 12.1 Å². The number of nitrogens with zero attached hydrogens (tertiary/aromatic N) is 3. The maximum Gasteiger partial charge on any atom is 0.268 e. The van der Waals surface area contributed by atoms with Gasteiger partial charge in [0.05, 0.1) is 5.02 Å². The van der Waals surface area contributed by atoms with Gasteiger partial charge in [-0.1, -0.05) is 47.5 Å². The molecule has 3 rings (SSSR count). The van der Waals surface area contributed by atoms with Crippen molar-refractivity contribution in [3.63, 3.8) is 0 Å². The Morgan fingerprint density at radius 3 is 2.42 bits per heavy atom. The molecule has 1 aromatic carbocycles. The molecule has 0 radical (unpaired) electrons. The van der Waals surface area contributed by atoms with Crippen molar-refractivity contribution in [3.05, 3.63) is 57.3 Å². The molecule has 0 atom stereocenters. The Hall–Kier alpha value is -1.53. The zero-order valence-electron chi connectivity index (χ0n) is 15.1. The van der Waals surface area contributed by atoms with Gasteiger partial charge >= 0.3 is 0 Å². The molecule has 1 aliphatic heterocycles. The van der Waals surface area contributed by atoms with Gasteiger partial charge < -0.3 is 14.8 Å². The van der Waals surface area contributed by atoms with Gasteiger partial charge in [-0.15, -0.1) is 0 Å². The van der Waals surface area contributed by atoms with Gasteiger partial charge in [0.1, 0.15) is 10.8 Å². The highest BCUT2D eigenvalue weighted by Crippen LogP contribution is 2.25. The highest BCUT2D eigenvalue weighted by atomic mass is 35.5. The fraction of sp³-hybridized carbons (Fsp3) is 0.421. The van der Waals surface area contributed by atoms with Gasteiger partial charge in [-0.25, -0.2) is 0 Å². The fourth-order valence-corrected chi connectivity index (χ4v) is 3.51. The second-order valence-corrected chi connectivity index (χ2v) is 7.57. The Labute approximate surface area is 164 Å². The van der Waals surface area contributed by atoms with Crippen molar-refractivity contribution in [2.45, 2.75) is 13.1 Å². The molecule has 2 aromatic rings. The molecule has 1 fully saturated rings. The van der Waals surface area contributed by atoms with Crippen LogP contribution in [0.3, 0.4) is 0 Å². The van der Waals surface area contributed by atoms with E-state index in [1.54, 1.807) is 17.7 Å². The summed E-state index contributed by atoms with van der Waals surface area (Å²) in [6.45, 7) is 5.81. The van der Waals surface area contributed by atoms with E-state index in [-0.39, 0.29) is 5.91 Å². The minimum Gasteiger partial charge on any atom is -0.347 e. The third kappa shape index (κ3) is 4.60. The molecule has 140 valence electrons. The van der Waals surface area contributed by atoms with Crippen LogP contribution in [0.15, 0.2) is 30.3 Å². The smallest absolute Gasteiger partial charge is 0.268 e. The minimum absolute atomic E-state index is 0.189. The normalized spacial score (nSPS) is 16.0. The first-order valence-corrected chi connectivity index (χ1v) is 9.47. The molecule has 0 saturated carbocycles. The molecule has 1 N–H and O–H groups in total. The van der Waals surface area contributed by atoms with Crippen LogP contribution in [0.4, 0.5) is 0 Å². The zero-order valence-corrected chi connectivity index (χ0v) is 16.6. The first-order valence-electron chi connectivity index (χ1n) is 8.71. The summed E-state index contributed by atoms with van der Waals surface area (Å²) in [5.74, 6) is -0.189. The first kappa shape index (κ1) is 19.2. The van der Waals surface area contributed by atoms with Gasteiger partial charge in [0.25, 0.3) is 5.91 Å². The molecule has 26 heavy (non-hydrogen) atoms. The van der Waals surface area contributed by atoms with Gasteiger partial charge in [0.15, 0.2) is 0 Å². The van der Waals surface area contributed by atoms with Crippen LogP contribution >= 0.6 is 23.2 Å². The van der Waals surface area contributed by atoms with E-state index in [0.29, 0.717) is 22.4 Å². The van der Waals surface area contributed by atoms with Crippen LogP contribution in [0.25, 0.3) is 0 Å². The number of amides is 1. The number of carbonyl (C=O) groups is 1. The molecule has 0 bridgehead atoms. The van der Waals surface area contributed by atoms with Gasteiger partial charge in [0, 0.05) is 46.3 Å². The molecule has 0 aliphatic carbocycles. The van der Waals surface area contributed by atoms with Gasteiger partial charge in [-0.3, -0.25) is 9.69 Å². The Balaban J connectivity index is 1.58. The van der Waals surface area contributed by atoms with Crippen LogP contribution in [0.1, 0.15) is 21.6 Å². The Bertz CT molecular complexity index is 782. The standard InChI is InChI=1S/C19H24Cl2N4O/c1-23-6-8-25(9-7-23)13-15-5-3-4-14(10-15)12-22-19(26)17-11-16(20)18(21)24(17)2/h3-5,10-11H,6-9,12-13H2,1-2H3,(H,22,26). The molecule has 5 nitrogen and oxygen atoms in total. The monoisotopic (exact) mass is 394 g/mol. The lowest BCUT2D eigenvalue weighted by Gasteiger charge is -2.32. The van der Waals surface area contributed by atoms with Crippen molar-refractivity contribution in [3.8, 4) is 0 Å². The summed E-state index contributed by atoms with van der Waals surface area (Å²) in [5, 5.41) is 3.69. The average molecular weight is 395 g/mol. The van der Waals surface area contributed by atoms with Gasteiger partial charge in [0.2, 0.25) is 0 Å². The Kier molecular flexibility index (Phi) is 6.24. The predicted molar refractivity (Wildman–Crippen MR) is 106 cm³/mol. The van der Waals surface area contributed by atoms with Crippen LogP contribution in [-0.2, 0) is 20.1 Å². The summed E-state index contributed by atoms with van der Waals surface area (Å²) in [5.41, 5.74) is 2.80. The summed E-state index contributed by atoms with van der Waals surface area (Å²) in [6.07, 6.45) is 0. The van der Waals surface area contributed by atoms with E-state index >= 15 is 0 Å². The summed E-state index contributed by atoms with van der Waals surface area (Å²) >= 11 is 12.0. The van der Waals surface area contributed by atoms with Crippen molar-refractivity contribution in [2.24, 2.45) is 7.05 Å². The number of rotatable bonds is 5. The third-order valence-electron chi connectivity index (χ3n) is 4.80. The van der Waals surface area contributed by atoms with Crippen molar-refractivity contribution in [1.82, 2.24) is 19.7 Å². The van der Waals surface area contributed by atoms with E-state index in [4.69, 9.17) is 23.2 Å². The number of halogens is 2. The molecule has 1 amide bonds. The van der Waals surface area contributed by atoms with Crippen LogP contribution in [0.2, 0.25) is 10.2 Å². The fourth-order valence-electron chi connectivity index (χ4n) is 3.14. The van der Waals surface area contributed by atoms with E-state index in [9.17, 15) is 4.79 Å². The first-order chi connectivity index (χ1) is 12.4. The maximum absolute atomic E-state index is 12.4. The minimum atomic E-state index is -0.189. The summed E-state index contributed by atoms with van der Waals surface area (Å²) < 4.78 is 1.59. The summed E-state index contributed by atoms with van der Waals surface area (Å²) in [4.78, 5) is 17.2. The molecular formula is C19H24Cl2N4O. The Morgan fingerprint density at radius 1 is 1.08 bits per heavy atom. The highest BCUT2D eigenvalue weighted by Gasteiger charge is 2.16. The van der Waals surface area contributed by atoms with Crippen molar-refractivity contribution < 1.29 is 4.79 Å². The Morgan fingerprint density at radius 2 is 1.77 bits per heavy atom. The van der Waals surface area contributed by atoms with Crippen molar-refractivity contribution in [2.75, 3.05) is 33.2 Å². The second-order valence-electron chi connectivity index (χ2n) is 6.81. The lowest BCUT2D eigenvalue weighted by atomic mass is 10.1. The number of nitrogens with one attached hydrogen (secondary N) is 1. The van der Waals surface area contributed by atoms with Crippen molar-refractivity contribution >= 4 is 29.1 Å². The number of piperazine rings is 1. The van der Waals surface area contributed by atoms with E-state index in [1.165, 1.54) is 5.56 Å². The molecule has 1 aliphatic rings. The molecule has 0 unspecified atom stereocenters. The second kappa shape index (κ2) is 8.44. The largest absolute Gasteiger partial charge is 0.347 e. The van der Waals surface area contributed by atoms with Crippen LogP contribution < -0.4 is 5.32 Å². The SMILES string of the molecule is CN1CCN(Cc2cccc(CNC(=O)c3cc(Cl)c(Cl)n3C)c2)CC1. The molecular weight excluding hydrogens is 371 g/mol. The quantitative estimate of drug-likeness (QED) is 0.846. The average Bonchev–Trinajstić information content (AvgIpc) is 2.89. The van der Waals surface area contributed by atoms with Gasteiger partial charge in [-0.05, 0) is 24.2 Å². The topological polar surface area (TPSA) is 40.5 Å². The number of benzene rings is 1. The maximum atomic E-state index is 12.4. The lowest BCUT2D eigenvalue weighted by molar-refractivity contribution is 0.0943. The van der Waals surface area contributed by atoms with Gasteiger partial charge in [-0.2, -0.15) is 0 Å². The third-order valence-corrected chi connectivity index (χ3v) is 5.64. The lowest BCUT2D eigenvalue weighted by Crippen LogP contribution is -2.43.